The molecule has 0 radical (unpaired) electrons. The van der Waals surface area contributed by atoms with Crippen LogP contribution in [0.5, 0.6) is 0 Å². The Morgan fingerprint density at radius 3 is 2.48 bits per heavy atom. The highest BCUT2D eigenvalue weighted by atomic mass is 32.2. The van der Waals surface area contributed by atoms with Crippen LogP contribution < -0.4 is 0 Å². The van der Waals surface area contributed by atoms with Gasteiger partial charge in [0, 0.05) is 23.9 Å². The van der Waals surface area contributed by atoms with Crippen molar-refractivity contribution in [2.45, 2.75) is 36.6 Å². The molecule has 25 heavy (non-hydrogen) atoms. The Hall–Kier alpha value is -2.67. The summed E-state index contributed by atoms with van der Waals surface area (Å²) in [4.78, 5) is 45.9. The molecule has 7 heteroatoms. The maximum absolute atomic E-state index is 12.4. The van der Waals surface area contributed by atoms with E-state index in [9.17, 15) is 14.4 Å². The average Bonchev–Trinajstić information content (AvgIpc) is 2.91. The summed E-state index contributed by atoms with van der Waals surface area (Å²) in [5, 5.41) is 1.37. The normalized spacial score (nSPS) is 14.1. The molecule has 0 unspecified atom stereocenters. The number of hydroxylamine groups is 2. The van der Waals surface area contributed by atoms with Gasteiger partial charge >= 0.3 is 5.97 Å². The van der Waals surface area contributed by atoms with Gasteiger partial charge in [-0.2, -0.15) is 0 Å². The number of nitrogens with zero attached hydrogens (tertiary/aromatic N) is 2. The fourth-order valence-corrected chi connectivity index (χ4v) is 3.47. The summed E-state index contributed by atoms with van der Waals surface area (Å²) < 4.78 is 0. The molecule has 0 saturated carbocycles. The number of pyridine rings is 1. The zero-order chi connectivity index (χ0) is 18.0. The van der Waals surface area contributed by atoms with E-state index < -0.39 is 17.8 Å². The number of benzene rings is 1. The molecule has 1 aliphatic rings. The van der Waals surface area contributed by atoms with Crippen molar-refractivity contribution >= 4 is 29.5 Å². The second-order valence-corrected chi connectivity index (χ2v) is 6.65. The first-order valence-corrected chi connectivity index (χ1v) is 8.56. The number of carbonyl (C=O) groups excluding carboxylic acids is 3. The van der Waals surface area contributed by atoms with Gasteiger partial charge in [-0.15, -0.1) is 5.06 Å². The summed E-state index contributed by atoms with van der Waals surface area (Å²) in [6, 6.07) is 9.06. The Labute approximate surface area is 149 Å². The van der Waals surface area contributed by atoms with E-state index in [0.717, 1.165) is 21.0 Å². The first-order valence-electron chi connectivity index (χ1n) is 7.74. The van der Waals surface area contributed by atoms with Gasteiger partial charge in [0.15, 0.2) is 0 Å². The van der Waals surface area contributed by atoms with Crippen molar-refractivity contribution in [2.75, 3.05) is 0 Å². The number of aryl methyl sites for hydroxylation is 1. The van der Waals surface area contributed by atoms with Gasteiger partial charge in [0.1, 0.15) is 5.03 Å². The summed E-state index contributed by atoms with van der Waals surface area (Å²) in [6.45, 7) is 3.75. The van der Waals surface area contributed by atoms with Gasteiger partial charge in [-0.05, 0) is 43.2 Å². The third-order valence-corrected chi connectivity index (χ3v) is 5.13. The van der Waals surface area contributed by atoms with Crippen molar-refractivity contribution in [3.05, 3.63) is 53.2 Å². The van der Waals surface area contributed by atoms with E-state index in [-0.39, 0.29) is 12.8 Å². The lowest BCUT2D eigenvalue weighted by Crippen LogP contribution is -2.32. The van der Waals surface area contributed by atoms with E-state index in [1.165, 1.54) is 11.8 Å². The molecule has 0 spiro atoms. The van der Waals surface area contributed by atoms with Crippen LogP contribution in [0.2, 0.25) is 0 Å². The molecule has 2 amide bonds. The predicted octanol–water partition coefficient (Wildman–Crippen LogP) is 3.07. The summed E-state index contributed by atoms with van der Waals surface area (Å²) in [6.07, 6.45) is 1.84. The lowest BCUT2D eigenvalue weighted by atomic mass is 10.1. The number of rotatable bonds is 4. The van der Waals surface area contributed by atoms with E-state index in [0.29, 0.717) is 10.6 Å². The molecule has 0 bridgehead atoms. The van der Waals surface area contributed by atoms with Gasteiger partial charge in [-0.25, -0.2) is 9.78 Å². The second-order valence-electron chi connectivity index (χ2n) is 5.61. The summed E-state index contributed by atoms with van der Waals surface area (Å²) in [7, 11) is 0. The molecule has 0 atom stereocenters. The average molecular weight is 356 g/mol. The van der Waals surface area contributed by atoms with E-state index in [2.05, 4.69) is 4.98 Å². The minimum absolute atomic E-state index is 0.0692. The molecular formula is C18H16N2O4S. The summed E-state index contributed by atoms with van der Waals surface area (Å²) >= 11 is 1.45. The molecule has 1 aliphatic heterocycles. The predicted molar refractivity (Wildman–Crippen MR) is 90.8 cm³/mol. The molecule has 2 aromatic rings. The minimum Gasteiger partial charge on any atom is -0.325 e. The third kappa shape index (κ3) is 3.56. The smallest absolute Gasteiger partial charge is 0.325 e. The van der Waals surface area contributed by atoms with E-state index in [4.69, 9.17) is 4.84 Å². The maximum atomic E-state index is 12.4. The quantitative estimate of drug-likeness (QED) is 0.784. The maximum Gasteiger partial charge on any atom is 0.364 e. The Balaban J connectivity index is 1.87. The van der Waals surface area contributed by atoms with Crippen LogP contribution in [0, 0.1) is 13.8 Å². The van der Waals surface area contributed by atoms with Gasteiger partial charge in [-0.3, -0.25) is 9.59 Å². The fraction of sp³-hybridized carbons (Fsp3) is 0.222. The molecule has 2 heterocycles. The highest BCUT2D eigenvalue weighted by molar-refractivity contribution is 7.99. The topological polar surface area (TPSA) is 76.6 Å². The van der Waals surface area contributed by atoms with Crippen LogP contribution >= 0.6 is 11.8 Å². The molecule has 1 saturated heterocycles. The Morgan fingerprint density at radius 1 is 1.12 bits per heavy atom. The van der Waals surface area contributed by atoms with Crippen molar-refractivity contribution in [3.8, 4) is 0 Å². The van der Waals surface area contributed by atoms with Crippen LogP contribution in [0.3, 0.4) is 0 Å². The number of hydrogen-bond donors (Lipinski definition) is 0. The van der Waals surface area contributed by atoms with Gasteiger partial charge in [0.05, 0.1) is 5.56 Å². The molecule has 0 aliphatic carbocycles. The van der Waals surface area contributed by atoms with Gasteiger partial charge in [-0.1, -0.05) is 23.9 Å². The highest BCUT2D eigenvalue weighted by Gasteiger charge is 2.33. The molecule has 3 rings (SSSR count). The summed E-state index contributed by atoms with van der Waals surface area (Å²) in [5.74, 6) is -1.71. The monoisotopic (exact) mass is 356 g/mol. The first kappa shape index (κ1) is 17.2. The molecule has 6 nitrogen and oxygen atoms in total. The molecule has 1 fully saturated rings. The van der Waals surface area contributed by atoms with Crippen molar-refractivity contribution in [3.63, 3.8) is 0 Å². The van der Waals surface area contributed by atoms with Crippen LogP contribution in [0.25, 0.3) is 0 Å². The van der Waals surface area contributed by atoms with Gasteiger partial charge < -0.3 is 4.84 Å². The number of imide groups is 1. The zero-order valence-electron chi connectivity index (χ0n) is 13.8. The molecule has 1 aromatic carbocycles. The number of aromatic nitrogens is 1. The second kappa shape index (κ2) is 7.06. The standard InChI is InChI=1S/C18H16N2O4S/c1-11-6-7-13(18(23)24-20-15(21)8-9-16(20)22)12(2)17(11)25-14-5-3-4-10-19-14/h3-7,10H,8-9H2,1-2H3. The van der Waals surface area contributed by atoms with E-state index in [1.54, 1.807) is 12.3 Å². The van der Waals surface area contributed by atoms with E-state index >= 15 is 0 Å². The molecule has 128 valence electrons. The molecule has 1 aromatic heterocycles. The zero-order valence-corrected chi connectivity index (χ0v) is 14.6. The largest absolute Gasteiger partial charge is 0.364 e. The minimum atomic E-state index is -0.719. The summed E-state index contributed by atoms with van der Waals surface area (Å²) in [5.41, 5.74) is 2.04. The van der Waals surface area contributed by atoms with Crippen LogP contribution in [-0.4, -0.2) is 27.8 Å². The fourth-order valence-electron chi connectivity index (χ4n) is 2.51. The Morgan fingerprint density at radius 2 is 1.84 bits per heavy atom. The van der Waals surface area contributed by atoms with Gasteiger partial charge in [0.2, 0.25) is 0 Å². The van der Waals surface area contributed by atoms with Crippen LogP contribution in [0.15, 0.2) is 46.5 Å². The van der Waals surface area contributed by atoms with Crippen molar-refractivity contribution in [1.29, 1.82) is 0 Å². The lowest BCUT2D eigenvalue weighted by Gasteiger charge is -2.16. The van der Waals surface area contributed by atoms with Crippen molar-refractivity contribution < 1.29 is 19.2 Å². The number of hydrogen-bond acceptors (Lipinski definition) is 6. The highest BCUT2D eigenvalue weighted by Crippen LogP contribution is 2.33. The SMILES string of the molecule is Cc1ccc(C(=O)ON2C(=O)CCC2=O)c(C)c1Sc1ccccn1. The lowest BCUT2D eigenvalue weighted by molar-refractivity contribution is -0.172. The van der Waals surface area contributed by atoms with Crippen LogP contribution in [0.4, 0.5) is 0 Å². The van der Waals surface area contributed by atoms with Crippen LogP contribution in [0.1, 0.15) is 34.3 Å². The van der Waals surface area contributed by atoms with Crippen molar-refractivity contribution in [2.24, 2.45) is 0 Å². The third-order valence-electron chi connectivity index (χ3n) is 3.85. The number of carbonyl (C=O) groups is 3. The van der Waals surface area contributed by atoms with E-state index in [1.807, 2.05) is 38.1 Å². The van der Waals surface area contributed by atoms with Gasteiger partial charge in [0.25, 0.3) is 11.8 Å². The Bertz CT molecular complexity index is 836. The molecular weight excluding hydrogens is 340 g/mol. The number of amides is 2. The van der Waals surface area contributed by atoms with Crippen LogP contribution in [-0.2, 0) is 14.4 Å². The molecule has 0 N–H and O–H groups in total. The first-order chi connectivity index (χ1) is 12.0. The van der Waals surface area contributed by atoms with Crippen molar-refractivity contribution in [1.82, 2.24) is 10.0 Å². The Kier molecular flexibility index (Phi) is 4.85.